The SMILES string of the molecule is CCC(/C=N\NC(=S)Nc1cccc(Cl)c1C)CC. The molecule has 0 radical (unpaired) electrons. The Labute approximate surface area is 125 Å². The molecule has 3 nitrogen and oxygen atoms in total. The van der Waals surface area contributed by atoms with Crippen molar-refractivity contribution in [1.82, 2.24) is 5.43 Å². The van der Waals surface area contributed by atoms with Gasteiger partial charge in [-0.25, -0.2) is 0 Å². The first kappa shape index (κ1) is 15.9. The molecule has 104 valence electrons. The molecule has 0 amide bonds. The van der Waals surface area contributed by atoms with Crippen molar-refractivity contribution < 1.29 is 0 Å². The molecule has 0 spiro atoms. The van der Waals surface area contributed by atoms with E-state index < -0.39 is 0 Å². The molecular formula is C14H20ClN3S. The van der Waals surface area contributed by atoms with Crippen LogP contribution in [0.4, 0.5) is 5.69 Å². The monoisotopic (exact) mass is 297 g/mol. The van der Waals surface area contributed by atoms with Gasteiger partial charge in [0.05, 0.1) is 0 Å². The zero-order valence-corrected chi connectivity index (χ0v) is 13.1. The first-order chi connectivity index (χ1) is 9.08. The van der Waals surface area contributed by atoms with Gasteiger partial charge in [-0.05, 0) is 55.6 Å². The summed E-state index contributed by atoms with van der Waals surface area (Å²) >= 11 is 11.2. The van der Waals surface area contributed by atoms with E-state index in [9.17, 15) is 0 Å². The van der Waals surface area contributed by atoms with Gasteiger partial charge in [-0.15, -0.1) is 0 Å². The van der Waals surface area contributed by atoms with Crippen LogP contribution in [0.25, 0.3) is 0 Å². The van der Waals surface area contributed by atoms with Crippen molar-refractivity contribution in [2.75, 3.05) is 5.32 Å². The first-order valence-corrected chi connectivity index (χ1v) is 7.22. The van der Waals surface area contributed by atoms with Crippen molar-refractivity contribution >= 4 is 40.8 Å². The van der Waals surface area contributed by atoms with Crippen LogP contribution in [0, 0.1) is 12.8 Å². The summed E-state index contributed by atoms with van der Waals surface area (Å²) in [5.41, 5.74) is 4.68. The zero-order valence-electron chi connectivity index (χ0n) is 11.5. The van der Waals surface area contributed by atoms with Gasteiger partial charge in [-0.2, -0.15) is 5.10 Å². The summed E-state index contributed by atoms with van der Waals surface area (Å²) in [6, 6.07) is 5.66. The second-order valence-corrected chi connectivity index (χ2v) is 5.15. The third-order valence-corrected chi connectivity index (χ3v) is 3.62. The molecule has 0 bridgehead atoms. The lowest BCUT2D eigenvalue weighted by Crippen LogP contribution is -2.24. The highest BCUT2D eigenvalue weighted by Crippen LogP contribution is 2.22. The molecular weight excluding hydrogens is 278 g/mol. The average Bonchev–Trinajstić information content (AvgIpc) is 2.40. The molecule has 0 atom stereocenters. The number of hydrogen-bond acceptors (Lipinski definition) is 2. The molecule has 2 N–H and O–H groups in total. The van der Waals surface area contributed by atoms with Crippen molar-refractivity contribution in [2.24, 2.45) is 11.0 Å². The number of rotatable bonds is 5. The van der Waals surface area contributed by atoms with Gasteiger partial charge in [0.25, 0.3) is 0 Å². The van der Waals surface area contributed by atoms with E-state index in [2.05, 4.69) is 29.7 Å². The van der Waals surface area contributed by atoms with Crippen molar-refractivity contribution in [3.63, 3.8) is 0 Å². The van der Waals surface area contributed by atoms with Crippen LogP contribution in [0.5, 0.6) is 0 Å². The minimum absolute atomic E-state index is 0.465. The number of benzene rings is 1. The second-order valence-electron chi connectivity index (χ2n) is 4.33. The summed E-state index contributed by atoms with van der Waals surface area (Å²) in [4.78, 5) is 0. The smallest absolute Gasteiger partial charge is 0.191 e. The van der Waals surface area contributed by atoms with Crippen LogP contribution in [0.2, 0.25) is 5.02 Å². The van der Waals surface area contributed by atoms with Crippen molar-refractivity contribution in [2.45, 2.75) is 33.6 Å². The minimum Gasteiger partial charge on any atom is -0.331 e. The van der Waals surface area contributed by atoms with Gasteiger partial charge in [-0.3, -0.25) is 5.43 Å². The van der Waals surface area contributed by atoms with Crippen LogP contribution < -0.4 is 10.7 Å². The van der Waals surface area contributed by atoms with E-state index in [0.29, 0.717) is 16.1 Å². The molecule has 0 fully saturated rings. The molecule has 0 aliphatic carbocycles. The lowest BCUT2D eigenvalue weighted by molar-refractivity contribution is 0.651. The lowest BCUT2D eigenvalue weighted by Gasteiger charge is -2.11. The van der Waals surface area contributed by atoms with Crippen LogP contribution in [0.1, 0.15) is 32.3 Å². The van der Waals surface area contributed by atoms with Crippen molar-refractivity contribution in [1.29, 1.82) is 0 Å². The molecule has 5 heteroatoms. The number of nitrogens with zero attached hydrogens (tertiary/aromatic N) is 1. The summed E-state index contributed by atoms with van der Waals surface area (Å²) in [5.74, 6) is 0.489. The quantitative estimate of drug-likeness (QED) is 0.482. The maximum atomic E-state index is 6.05. The molecule has 0 aliphatic rings. The van der Waals surface area contributed by atoms with E-state index in [0.717, 1.165) is 24.1 Å². The number of hydrogen-bond donors (Lipinski definition) is 2. The summed E-state index contributed by atoms with van der Waals surface area (Å²) in [7, 11) is 0. The van der Waals surface area contributed by atoms with E-state index in [4.69, 9.17) is 23.8 Å². The van der Waals surface area contributed by atoms with Gasteiger partial charge in [0.1, 0.15) is 0 Å². The summed E-state index contributed by atoms with van der Waals surface area (Å²) in [6.45, 7) is 6.24. The molecule has 0 heterocycles. The van der Waals surface area contributed by atoms with Gasteiger partial charge in [0, 0.05) is 16.9 Å². The third kappa shape index (κ3) is 5.17. The number of anilines is 1. The van der Waals surface area contributed by atoms with Crippen molar-refractivity contribution in [3.05, 3.63) is 28.8 Å². The molecule has 1 rings (SSSR count). The number of thiocarbonyl (C=S) groups is 1. The number of nitrogens with one attached hydrogen (secondary N) is 2. The zero-order chi connectivity index (χ0) is 14.3. The Kier molecular flexibility index (Phi) is 6.81. The Morgan fingerprint density at radius 1 is 1.42 bits per heavy atom. The van der Waals surface area contributed by atoms with Crippen LogP contribution in [-0.4, -0.2) is 11.3 Å². The Balaban J connectivity index is 2.54. The van der Waals surface area contributed by atoms with Gasteiger partial charge in [-0.1, -0.05) is 31.5 Å². The summed E-state index contributed by atoms with van der Waals surface area (Å²) < 4.78 is 0. The van der Waals surface area contributed by atoms with E-state index in [1.165, 1.54) is 0 Å². The normalized spacial score (nSPS) is 11.0. The maximum absolute atomic E-state index is 6.05. The lowest BCUT2D eigenvalue weighted by atomic mass is 10.1. The topological polar surface area (TPSA) is 36.4 Å². The van der Waals surface area contributed by atoms with Crippen LogP contribution in [0.3, 0.4) is 0 Å². The third-order valence-electron chi connectivity index (χ3n) is 3.02. The van der Waals surface area contributed by atoms with Gasteiger partial charge >= 0.3 is 0 Å². The number of halogens is 1. The van der Waals surface area contributed by atoms with E-state index in [-0.39, 0.29) is 0 Å². The van der Waals surface area contributed by atoms with Gasteiger partial charge in [0.2, 0.25) is 0 Å². The molecule has 0 saturated carbocycles. The van der Waals surface area contributed by atoms with Crippen LogP contribution >= 0.6 is 23.8 Å². The highest BCUT2D eigenvalue weighted by Gasteiger charge is 2.03. The summed E-state index contributed by atoms with van der Waals surface area (Å²) in [5, 5.41) is 8.41. The van der Waals surface area contributed by atoms with Crippen molar-refractivity contribution in [3.8, 4) is 0 Å². The fourth-order valence-electron chi connectivity index (χ4n) is 1.59. The van der Waals surface area contributed by atoms with E-state index in [1.807, 2.05) is 31.3 Å². The summed E-state index contributed by atoms with van der Waals surface area (Å²) in [6.07, 6.45) is 4.06. The van der Waals surface area contributed by atoms with E-state index >= 15 is 0 Å². The van der Waals surface area contributed by atoms with Gasteiger partial charge < -0.3 is 5.32 Å². The standard InChI is InChI=1S/C14H20ClN3S/c1-4-11(5-2)9-16-18-14(19)17-13-8-6-7-12(15)10(13)3/h6-9,11H,4-5H2,1-3H3,(H2,17,18,19)/b16-9-. The number of hydrazone groups is 1. The molecule has 0 aromatic heterocycles. The highest BCUT2D eigenvalue weighted by atomic mass is 35.5. The van der Waals surface area contributed by atoms with E-state index in [1.54, 1.807) is 0 Å². The fourth-order valence-corrected chi connectivity index (χ4v) is 1.93. The Morgan fingerprint density at radius 2 is 2.11 bits per heavy atom. The van der Waals surface area contributed by atoms with Gasteiger partial charge in [0.15, 0.2) is 5.11 Å². The maximum Gasteiger partial charge on any atom is 0.191 e. The Bertz CT molecular complexity index is 456. The molecule has 1 aromatic rings. The second kappa shape index (κ2) is 8.12. The highest BCUT2D eigenvalue weighted by molar-refractivity contribution is 7.80. The molecule has 1 aromatic carbocycles. The molecule has 0 aliphatic heterocycles. The average molecular weight is 298 g/mol. The predicted molar refractivity (Wildman–Crippen MR) is 88.1 cm³/mol. The Morgan fingerprint density at radius 3 is 2.74 bits per heavy atom. The molecule has 0 unspecified atom stereocenters. The largest absolute Gasteiger partial charge is 0.331 e. The minimum atomic E-state index is 0.465. The fraction of sp³-hybridized carbons (Fsp3) is 0.429. The Hall–Kier alpha value is -1.13. The first-order valence-electron chi connectivity index (χ1n) is 6.43. The van der Waals surface area contributed by atoms with Crippen LogP contribution in [0.15, 0.2) is 23.3 Å². The molecule has 0 saturated heterocycles. The van der Waals surface area contributed by atoms with Crippen LogP contribution in [-0.2, 0) is 0 Å². The molecule has 19 heavy (non-hydrogen) atoms. The predicted octanol–water partition coefficient (Wildman–Crippen LogP) is 4.36.